The maximum absolute atomic E-state index is 13.5. The Morgan fingerprint density at radius 2 is 1.62 bits per heavy atom. The van der Waals surface area contributed by atoms with E-state index in [1.54, 1.807) is 36.4 Å². The molecule has 4 rings (SSSR count). The third-order valence-electron chi connectivity index (χ3n) is 4.99. The van der Waals surface area contributed by atoms with E-state index < -0.39 is 11.8 Å². The number of imide groups is 1. The number of hydrogen-bond acceptors (Lipinski definition) is 5. The second kappa shape index (κ2) is 9.16. The van der Waals surface area contributed by atoms with Crippen LogP contribution in [-0.4, -0.2) is 25.5 Å². The first-order valence-corrected chi connectivity index (χ1v) is 10.4. The van der Waals surface area contributed by atoms with Gasteiger partial charge < -0.3 is 14.8 Å². The Labute approximate surface area is 191 Å². The van der Waals surface area contributed by atoms with Gasteiger partial charge in [-0.2, -0.15) is 0 Å². The Balaban J connectivity index is 1.81. The monoisotopic (exact) mass is 448 g/mol. The first-order valence-electron chi connectivity index (χ1n) is 10.1. The van der Waals surface area contributed by atoms with E-state index in [1.807, 2.05) is 37.3 Å². The van der Waals surface area contributed by atoms with Crippen molar-refractivity contribution in [3.05, 3.63) is 89.1 Å². The van der Waals surface area contributed by atoms with E-state index in [-0.39, 0.29) is 11.3 Å². The number of nitrogens with zero attached hydrogens (tertiary/aromatic N) is 1. The lowest BCUT2D eigenvalue weighted by molar-refractivity contribution is -0.120. The van der Waals surface area contributed by atoms with Crippen LogP contribution in [0, 0.1) is 0 Å². The van der Waals surface area contributed by atoms with Crippen molar-refractivity contribution in [2.24, 2.45) is 0 Å². The van der Waals surface area contributed by atoms with E-state index in [0.717, 1.165) is 4.90 Å². The summed E-state index contributed by atoms with van der Waals surface area (Å²) in [6.45, 7) is 2.34. The van der Waals surface area contributed by atoms with Crippen LogP contribution in [-0.2, 0) is 9.59 Å². The molecule has 32 heavy (non-hydrogen) atoms. The lowest BCUT2D eigenvalue weighted by Crippen LogP contribution is -2.32. The van der Waals surface area contributed by atoms with Gasteiger partial charge in [-0.15, -0.1) is 0 Å². The van der Waals surface area contributed by atoms with Crippen molar-refractivity contribution in [3.63, 3.8) is 0 Å². The number of benzene rings is 3. The summed E-state index contributed by atoms with van der Waals surface area (Å²) >= 11 is 6.26. The fraction of sp³-hybridized carbons (Fsp3) is 0.120. The molecule has 0 aliphatic carbocycles. The minimum atomic E-state index is -0.485. The molecule has 2 amide bonds. The highest BCUT2D eigenvalue weighted by Gasteiger charge is 2.40. The van der Waals surface area contributed by atoms with Crippen LogP contribution in [0.15, 0.2) is 78.5 Å². The lowest BCUT2D eigenvalue weighted by atomic mass is 10.0. The Bertz CT molecular complexity index is 1210. The molecule has 0 saturated heterocycles. The minimum Gasteiger partial charge on any atom is -0.495 e. The largest absolute Gasteiger partial charge is 0.495 e. The number of halogens is 1. The Hall–Kier alpha value is -3.77. The van der Waals surface area contributed by atoms with Crippen molar-refractivity contribution in [2.45, 2.75) is 6.92 Å². The molecule has 7 heteroatoms. The molecule has 0 unspecified atom stereocenters. The van der Waals surface area contributed by atoms with Gasteiger partial charge in [0.15, 0.2) is 0 Å². The second-order valence-corrected chi connectivity index (χ2v) is 7.34. The average molecular weight is 449 g/mol. The van der Waals surface area contributed by atoms with Gasteiger partial charge in [0.1, 0.15) is 17.2 Å². The molecule has 3 aromatic rings. The Morgan fingerprint density at radius 1 is 0.906 bits per heavy atom. The van der Waals surface area contributed by atoms with Crippen LogP contribution in [0.1, 0.15) is 12.5 Å². The molecule has 3 aromatic carbocycles. The maximum Gasteiger partial charge on any atom is 0.282 e. The van der Waals surface area contributed by atoms with Gasteiger partial charge in [-0.1, -0.05) is 54.1 Å². The summed E-state index contributed by atoms with van der Waals surface area (Å²) in [5.74, 6) is 0.107. The van der Waals surface area contributed by atoms with Gasteiger partial charge in [-0.25, -0.2) is 4.90 Å². The Morgan fingerprint density at radius 3 is 2.31 bits per heavy atom. The second-order valence-electron chi connectivity index (χ2n) is 6.93. The van der Waals surface area contributed by atoms with Gasteiger partial charge in [-0.3, -0.25) is 9.59 Å². The van der Waals surface area contributed by atoms with Crippen LogP contribution in [0.25, 0.3) is 5.57 Å². The predicted molar refractivity (Wildman–Crippen MR) is 125 cm³/mol. The predicted octanol–water partition coefficient (Wildman–Crippen LogP) is 5.14. The normalized spacial score (nSPS) is 13.5. The number of carbonyl (C=O) groups excluding carboxylic acids is 2. The van der Waals surface area contributed by atoms with E-state index in [0.29, 0.717) is 40.1 Å². The molecule has 0 radical (unpaired) electrons. The summed E-state index contributed by atoms with van der Waals surface area (Å²) in [5, 5.41) is 3.45. The molecule has 1 N–H and O–H groups in total. The number of methoxy groups -OCH3 is 1. The number of ether oxygens (including phenoxy) is 2. The first-order chi connectivity index (χ1) is 15.5. The van der Waals surface area contributed by atoms with Crippen LogP contribution in [0.5, 0.6) is 11.5 Å². The summed E-state index contributed by atoms with van der Waals surface area (Å²) in [6.07, 6.45) is 0. The number of nitrogens with one attached hydrogen (secondary N) is 1. The maximum atomic E-state index is 13.5. The van der Waals surface area contributed by atoms with Crippen molar-refractivity contribution in [1.29, 1.82) is 0 Å². The van der Waals surface area contributed by atoms with Crippen LogP contribution in [0.4, 0.5) is 11.4 Å². The van der Waals surface area contributed by atoms with Gasteiger partial charge in [0, 0.05) is 0 Å². The number of amides is 2. The minimum absolute atomic E-state index is 0.167. The standard InChI is InChI=1S/C25H21ClN2O4/c1-3-32-21-12-8-7-11-19(21)27-23-22(16-9-5-4-6-10-16)24(29)28(25(23)30)17-13-14-20(31-2)18(26)15-17/h4-15,27H,3H2,1-2H3. The number of carbonyl (C=O) groups is 2. The molecule has 162 valence electrons. The van der Waals surface area contributed by atoms with E-state index in [4.69, 9.17) is 21.1 Å². The summed E-state index contributed by atoms with van der Waals surface area (Å²) in [6, 6.07) is 21.1. The van der Waals surface area contributed by atoms with Gasteiger partial charge >= 0.3 is 0 Å². The third kappa shape index (κ3) is 3.92. The van der Waals surface area contributed by atoms with Crippen LogP contribution in [0.3, 0.4) is 0 Å². The Kier molecular flexibility index (Phi) is 6.14. The molecule has 1 heterocycles. The van der Waals surface area contributed by atoms with Crippen molar-refractivity contribution in [2.75, 3.05) is 23.9 Å². The SMILES string of the molecule is CCOc1ccccc1NC1=C(c2ccccc2)C(=O)N(c2ccc(OC)c(Cl)c2)C1=O. The van der Waals surface area contributed by atoms with Crippen LogP contribution in [0.2, 0.25) is 5.02 Å². The zero-order valence-electron chi connectivity index (χ0n) is 17.6. The molecular weight excluding hydrogens is 428 g/mol. The van der Waals surface area contributed by atoms with Gasteiger partial charge in [0.05, 0.1) is 35.7 Å². The van der Waals surface area contributed by atoms with Crippen LogP contribution < -0.4 is 19.7 Å². The van der Waals surface area contributed by atoms with E-state index in [1.165, 1.54) is 13.2 Å². The van der Waals surface area contributed by atoms with Crippen molar-refractivity contribution >= 4 is 40.4 Å². The molecule has 1 aliphatic heterocycles. The summed E-state index contributed by atoms with van der Waals surface area (Å²) in [5.41, 5.74) is 2.01. The highest BCUT2D eigenvalue weighted by Crippen LogP contribution is 2.37. The summed E-state index contributed by atoms with van der Waals surface area (Å²) in [4.78, 5) is 28.1. The smallest absolute Gasteiger partial charge is 0.282 e. The van der Waals surface area contributed by atoms with Crippen LogP contribution >= 0.6 is 11.6 Å². The number of anilines is 2. The molecule has 0 saturated carbocycles. The average Bonchev–Trinajstić information content (AvgIpc) is 3.05. The summed E-state index contributed by atoms with van der Waals surface area (Å²) in [7, 11) is 1.50. The molecular formula is C25H21ClN2O4. The highest BCUT2D eigenvalue weighted by atomic mass is 35.5. The van der Waals surface area contributed by atoms with E-state index >= 15 is 0 Å². The van der Waals surface area contributed by atoms with E-state index in [9.17, 15) is 9.59 Å². The molecule has 1 aliphatic rings. The zero-order chi connectivity index (χ0) is 22.7. The van der Waals surface area contributed by atoms with Crippen molar-refractivity contribution in [3.8, 4) is 11.5 Å². The van der Waals surface area contributed by atoms with Crippen molar-refractivity contribution < 1.29 is 19.1 Å². The van der Waals surface area contributed by atoms with Gasteiger partial charge in [0.25, 0.3) is 11.8 Å². The topological polar surface area (TPSA) is 67.9 Å². The number of hydrogen-bond donors (Lipinski definition) is 1. The molecule has 0 bridgehead atoms. The van der Waals surface area contributed by atoms with Crippen molar-refractivity contribution in [1.82, 2.24) is 0 Å². The highest BCUT2D eigenvalue weighted by molar-refractivity contribution is 6.46. The fourth-order valence-electron chi connectivity index (χ4n) is 3.53. The molecule has 0 aromatic heterocycles. The molecule has 0 fully saturated rings. The first kappa shape index (κ1) is 21.5. The number of para-hydroxylation sites is 2. The quantitative estimate of drug-likeness (QED) is 0.506. The zero-order valence-corrected chi connectivity index (χ0v) is 18.3. The molecule has 0 spiro atoms. The number of rotatable bonds is 7. The fourth-order valence-corrected chi connectivity index (χ4v) is 3.79. The van der Waals surface area contributed by atoms with E-state index in [2.05, 4.69) is 5.32 Å². The molecule has 0 atom stereocenters. The lowest BCUT2D eigenvalue weighted by Gasteiger charge is -2.17. The molecule has 6 nitrogen and oxygen atoms in total. The summed E-state index contributed by atoms with van der Waals surface area (Å²) < 4.78 is 10.9. The van der Waals surface area contributed by atoms with Gasteiger partial charge in [0.2, 0.25) is 0 Å². The third-order valence-corrected chi connectivity index (χ3v) is 5.28. The van der Waals surface area contributed by atoms with Gasteiger partial charge in [-0.05, 0) is 42.8 Å².